The molecule has 2 heterocycles. The fourth-order valence-electron chi connectivity index (χ4n) is 13.2. The Morgan fingerprint density at radius 1 is 0.385 bits per heavy atom. The molecule has 14 heteroatoms. The van der Waals surface area contributed by atoms with Crippen molar-refractivity contribution in [1.29, 1.82) is 0 Å². The number of nitrogens with one attached hydrogen (secondary N) is 1. The number of ether oxygens (including phenoxy) is 4. The third kappa shape index (κ3) is 45.6. The molecule has 9 N–H and O–H groups in total. The van der Waals surface area contributed by atoms with E-state index in [1.54, 1.807) is 6.08 Å². The van der Waals surface area contributed by atoms with Gasteiger partial charge < -0.3 is 65.1 Å². The normalized spacial score (nSPS) is 22.8. The Morgan fingerprint density at radius 2 is 0.703 bits per heavy atom. The lowest BCUT2D eigenvalue weighted by Crippen LogP contribution is -2.65. The van der Waals surface area contributed by atoms with Crippen molar-refractivity contribution in [1.82, 2.24) is 5.32 Å². The highest BCUT2D eigenvalue weighted by atomic mass is 16.7. The van der Waals surface area contributed by atoms with Gasteiger partial charge in [0.05, 0.1) is 32.0 Å². The molecule has 14 nitrogen and oxygen atoms in total. The maximum atomic E-state index is 13.4. The van der Waals surface area contributed by atoms with Crippen molar-refractivity contribution in [3.63, 3.8) is 0 Å². The smallest absolute Gasteiger partial charge is 0.220 e. The molecular weight excluding hydrogens is 1150 g/mol. The predicted octanol–water partition coefficient (Wildman–Crippen LogP) is 17.1. The van der Waals surface area contributed by atoms with E-state index < -0.39 is 86.8 Å². The molecule has 0 bridgehead atoms. The summed E-state index contributed by atoms with van der Waals surface area (Å²) >= 11 is 0. The molecule has 0 saturated carbocycles. The van der Waals surface area contributed by atoms with Gasteiger partial charge in [0, 0.05) is 6.42 Å². The van der Waals surface area contributed by atoms with Crippen LogP contribution in [-0.4, -0.2) is 140 Å². The van der Waals surface area contributed by atoms with Crippen LogP contribution in [-0.2, 0) is 23.7 Å². The minimum Gasteiger partial charge on any atom is -0.394 e. The Hall–Kier alpha value is -1.53. The first kappa shape index (κ1) is 85.6. The molecule has 91 heavy (non-hydrogen) atoms. The van der Waals surface area contributed by atoms with Crippen molar-refractivity contribution in [2.24, 2.45) is 0 Å². The quantitative estimate of drug-likeness (QED) is 0.0204. The molecule has 0 spiro atoms. The number of rotatable bonds is 66. The Morgan fingerprint density at radius 3 is 1.08 bits per heavy atom. The zero-order chi connectivity index (χ0) is 65.9. The number of hydrogen-bond donors (Lipinski definition) is 9. The second kappa shape index (κ2) is 62.0. The molecule has 0 aromatic rings. The number of aliphatic hydroxyl groups is 8. The van der Waals surface area contributed by atoms with E-state index in [-0.39, 0.29) is 18.9 Å². The molecule has 0 radical (unpaired) electrons. The highest BCUT2D eigenvalue weighted by molar-refractivity contribution is 5.76. The summed E-state index contributed by atoms with van der Waals surface area (Å²) in [5, 5.41) is 87.5. The summed E-state index contributed by atoms with van der Waals surface area (Å²) in [5.41, 5.74) is 0. The molecular formula is C77H147NO13. The van der Waals surface area contributed by atoms with Gasteiger partial charge >= 0.3 is 0 Å². The lowest BCUT2D eigenvalue weighted by molar-refractivity contribution is -0.359. The molecule has 2 aliphatic rings. The average Bonchev–Trinajstić information content (AvgIpc) is 1.08. The average molecular weight is 1300 g/mol. The molecule has 12 atom stereocenters. The van der Waals surface area contributed by atoms with Gasteiger partial charge in [-0.15, -0.1) is 0 Å². The van der Waals surface area contributed by atoms with Crippen molar-refractivity contribution in [3.8, 4) is 0 Å². The van der Waals surface area contributed by atoms with Crippen LogP contribution in [0.4, 0.5) is 0 Å². The van der Waals surface area contributed by atoms with E-state index in [4.69, 9.17) is 18.9 Å². The van der Waals surface area contributed by atoms with Gasteiger partial charge in [-0.3, -0.25) is 4.79 Å². The van der Waals surface area contributed by atoms with Crippen molar-refractivity contribution in [2.45, 2.75) is 441 Å². The summed E-state index contributed by atoms with van der Waals surface area (Å²) in [7, 11) is 0. The Balaban J connectivity index is 1.59. The molecule has 538 valence electrons. The summed E-state index contributed by atoms with van der Waals surface area (Å²) in [6, 6.07) is -0.930. The third-order valence-electron chi connectivity index (χ3n) is 19.4. The zero-order valence-electron chi connectivity index (χ0n) is 58.9. The van der Waals surface area contributed by atoms with Crippen molar-refractivity contribution >= 4 is 5.91 Å². The van der Waals surface area contributed by atoms with E-state index in [0.717, 1.165) is 32.1 Å². The summed E-state index contributed by atoms with van der Waals surface area (Å²) in [6.07, 6.45) is 62.8. The SMILES string of the molecule is CCCCCCCCCCCCCCCC/C=C/CC/C=C/C(O)C(COC1OC(CO)C(OC2OC(CO)C(O)C(O)C2O)C(O)C1O)NC(=O)CCCCCCCCCCCCCCCCCCCCCCCCCCCCCCCCCCCCCCC. The van der Waals surface area contributed by atoms with Gasteiger partial charge in [0.1, 0.15) is 48.8 Å². The molecule has 0 aliphatic carbocycles. The summed E-state index contributed by atoms with van der Waals surface area (Å²) in [4.78, 5) is 13.4. The Kier molecular flexibility index (Phi) is 58.3. The minimum atomic E-state index is -1.79. The van der Waals surface area contributed by atoms with Gasteiger partial charge in [-0.25, -0.2) is 0 Å². The van der Waals surface area contributed by atoms with Crippen LogP contribution in [0.2, 0.25) is 0 Å². The summed E-state index contributed by atoms with van der Waals surface area (Å²) < 4.78 is 22.9. The molecule has 0 aromatic carbocycles. The van der Waals surface area contributed by atoms with Crippen LogP contribution in [0.25, 0.3) is 0 Å². The fourth-order valence-corrected chi connectivity index (χ4v) is 13.2. The molecule has 12 unspecified atom stereocenters. The van der Waals surface area contributed by atoms with Crippen LogP contribution < -0.4 is 5.32 Å². The molecule has 2 saturated heterocycles. The molecule has 2 aliphatic heterocycles. The lowest BCUT2D eigenvalue weighted by Gasteiger charge is -2.46. The van der Waals surface area contributed by atoms with Crippen LogP contribution in [0.5, 0.6) is 0 Å². The van der Waals surface area contributed by atoms with Gasteiger partial charge in [0.15, 0.2) is 12.6 Å². The fraction of sp³-hybridized carbons (Fsp3) is 0.935. The largest absolute Gasteiger partial charge is 0.394 e. The van der Waals surface area contributed by atoms with Crippen LogP contribution in [0.1, 0.15) is 367 Å². The first-order valence-corrected chi connectivity index (χ1v) is 39.1. The van der Waals surface area contributed by atoms with Crippen molar-refractivity contribution in [3.05, 3.63) is 24.3 Å². The Bertz CT molecular complexity index is 1620. The first-order chi connectivity index (χ1) is 44.6. The van der Waals surface area contributed by atoms with Crippen molar-refractivity contribution < 1.29 is 64.6 Å². The lowest BCUT2D eigenvalue weighted by atomic mass is 9.97. The number of aliphatic hydroxyl groups excluding tert-OH is 8. The number of carbonyl (C=O) groups is 1. The first-order valence-electron chi connectivity index (χ1n) is 39.1. The van der Waals surface area contributed by atoms with Crippen LogP contribution >= 0.6 is 0 Å². The van der Waals surface area contributed by atoms with E-state index in [1.165, 1.54) is 302 Å². The van der Waals surface area contributed by atoms with E-state index in [9.17, 15) is 45.6 Å². The minimum absolute atomic E-state index is 0.241. The second-order valence-electron chi connectivity index (χ2n) is 27.8. The molecule has 2 fully saturated rings. The maximum absolute atomic E-state index is 13.4. The topological polar surface area (TPSA) is 228 Å². The van der Waals surface area contributed by atoms with Gasteiger partial charge in [0.2, 0.25) is 5.91 Å². The number of allylic oxidation sites excluding steroid dienone is 3. The number of carbonyl (C=O) groups excluding carboxylic acids is 1. The molecule has 2 rings (SSSR count). The van der Waals surface area contributed by atoms with E-state index >= 15 is 0 Å². The summed E-state index contributed by atoms with van der Waals surface area (Å²) in [5.74, 6) is -0.241. The van der Waals surface area contributed by atoms with E-state index in [2.05, 4.69) is 31.3 Å². The van der Waals surface area contributed by atoms with Gasteiger partial charge in [-0.2, -0.15) is 0 Å². The molecule has 0 aromatic heterocycles. The second-order valence-corrected chi connectivity index (χ2v) is 27.8. The summed E-state index contributed by atoms with van der Waals surface area (Å²) in [6.45, 7) is 2.84. The monoisotopic (exact) mass is 1290 g/mol. The van der Waals surface area contributed by atoms with Gasteiger partial charge in [-0.05, 0) is 32.1 Å². The number of hydrogen-bond acceptors (Lipinski definition) is 13. The standard InChI is InChI=1S/C77H147NO13/c1-3-5-7-9-11-13-15-17-19-21-23-25-26-27-28-29-30-31-32-33-34-35-36-37-38-39-40-41-43-45-47-49-51-53-55-57-59-61-69(82)78-65(66(81)60-58-56-54-52-50-48-46-44-42-24-22-20-18-16-14-12-10-8-6-4-2)64-88-76-74(87)72(85)75(68(63-80)90-76)91-77-73(86)71(84)70(83)67(62-79)89-77/h50,52,58,60,65-68,70-77,79-81,83-87H,3-49,51,53-57,59,61-64H2,1-2H3,(H,78,82)/b52-50+,60-58+. The molecule has 1 amide bonds. The maximum Gasteiger partial charge on any atom is 0.220 e. The highest BCUT2D eigenvalue weighted by Crippen LogP contribution is 2.30. The van der Waals surface area contributed by atoms with E-state index in [1.807, 2.05) is 6.08 Å². The van der Waals surface area contributed by atoms with Gasteiger partial charge in [-0.1, -0.05) is 353 Å². The van der Waals surface area contributed by atoms with Crippen LogP contribution in [0.15, 0.2) is 24.3 Å². The zero-order valence-corrected chi connectivity index (χ0v) is 58.9. The highest BCUT2D eigenvalue weighted by Gasteiger charge is 2.51. The van der Waals surface area contributed by atoms with Crippen LogP contribution in [0, 0.1) is 0 Å². The van der Waals surface area contributed by atoms with Crippen molar-refractivity contribution in [2.75, 3.05) is 19.8 Å². The predicted molar refractivity (Wildman–Crippen MR) is 374 cm³/mol. The number of unbranched alkanes of at least 4 members (excludes halogenated alkanes) is 51. The number of amides is 1. The van der Waals surface area contributed by atoms with Gasteiger partial charge in [0.25, 0.3) is 0 Å². The van der Waals surface area contributed by atoms with E-state index in [0.29, 0.717) is 12.8 Å². The Labute approximate surface area is 558 Å². The van der Waals surface area contributed by atoms with Crippen LogP contribution in [0.3, 0.4) is 0 Å². The third-order valence-corrected chi connectivity index (χ3v) is 19.4.